The average molecular weight is 793 g/mol. The number of hydrogen-bond donors (Lipinski definition) is 0. The molecular formula is C56H36N6. The Bertz CT molecular complexity index is 3790. The highest BCUT2D eigenvalue weighted by molar-refractivity contribution is 6.26. The smallest absolute Gasteiger partial charge is 0.168 e. The number of hydrogen-bond acceptors (Lipinski definition) is 2. The number of para-hydroxylation sites is 6. The zero-order chi connectivity index (χ0) is 40.7. The molecule has 0 atom stereocenters. The number of rotatable bonds is 6. The van der Waals surface area contributed by atoms with Crippen molar-refractivity contribution in [3.05, 3.63) is 218 Å². The third-order valence-corrected chi connectivity index (χ3v) is 12.5. The van der Waals surface area contributed by atoms with Crippen LogP contribution in [0.3, 0.4) is 0 Å². The van der Waals surface area contributed by atoms with E-state index >= 15 is 0 Å². The normalized spacial score (nSPS) is 11.9. The summed E-state index contributed by atoms with van der Waals surface area (Å²) in [7, 11) is 0. The summed E-state index contributed by atoms with van der Waals surface area (Å²) in [6, 6.07) is 78.1. The molecule has 6 nitrogen and oxygen atoms in total. The molecular weight excluding hydrogens is 757 g/mol. The van der Waals surface area contributed by atoms with Crippen LogP contribution in [0.1, 0.15) is 0 Å². The average Bonchev–Trinajstić information content (AvgIpc) is 4.11. The zero-order valence-corrected chi connectivity index (χ0v) is 33.5. The number of benzene rings is 9. The largest absolute Gasteiger partial charge is 0.309 e. The maximum absolute atomic E-state index is 4.81. The Kier molecular flexibility index (Phi) is 7.50. The highest BCUT2D eigenvalue weighted by Crippen LogP contribution is 2.44. The standard InChI is InChI=1S/C56H36N6/c1-4-18-37(19-5-1)55-57-58-56(38-20-6-2-7-21-38)60(55)40-32-33-43-41-24-10-14-28-47(41)62(52(43)36-40)50-31-17-16-30-49(50)61-48-29-15-12-26-45(48)53-51(61)35-34-44-42-25-11-13-27-46(42)59(54(44)53)39-22-8-3-9-23-39/h1-36H. The van der Waals surface area contributed by atoms with Gasteiger partial charge in [-0.1, -0.05) is 158 Å². The quantitative estimate of drug-likeness (QED) is 0.168. The lowest BCUT2D eigenvalue weighted by Gasteiger charge is -2.17. The molecule has 290 valence electrons. The van der Waals surface area contributed by atoms with E-state index in [-0.39, 0.29) is 0 Å². The summed E-state index contributed by atoms with van der Waals surface area (Å²) in [5.41, 5.74) is 13.2. The van der Waals surface area contributed by atoms with Gasteiger partial charge in [-0.3, -0.25) is 4.57 Å². The predicted molar refractivity (Wildman–Crippen MR) is 255 cm³/mol. The minimum absolute atomic E-state index is 0.788. The van der Waals surface area contributed by atoms with Crippen LogP contribution in [-0.2, 0) is 0 Å². The van der Waals surface area contributed by atoms with Gasteiger partial charge in [0.2, 0.25) is 0 Å². The van der Waals surface area contributed by atoms with Crippen LogP contribution >= 0.6 is 0 Å². The molecule has 0 aliphatic carbocycles. The van der Waals surface area contributed by atoms with E-state index in [0.29, 0.717) is 0 Å². The summed E-state index contributed by atoms with van der Waals surface area (Å²) in [6.45, 7) is 0. The lowest BCUT2D eigenvalue weighted by atomic mass is 10.1. The Hall–Kier alpha value is -8.48. The molecule has 62 heavy (non-hydrogen) atoms. The minimum atomic E-state index is 0.788. The number of nitrogens with zero attached hydrogens (tertiary/aromatic N) is 6. The maximum Gasteiger partial charge on any atom is 0.168 e. The summed E-state index contributed by atoms with van der Waals surface area (Å²) in [6.07, 6.45) is 0. The molecule has 4 heterocycles. The topological polar surface area (TPSA) is 45.5 Å². The van der Waals surface area contributed by atoms with Crippen molar-refractivity contribution in [2.24, 2.45) is 0 Å². The van der Waals surface area contributed by atoms with Gasteiger partial charge in [0, 0.05) is 49.1 Å². The van der Waals surface area contributed by atoms with Crippen molar-refractivity contribution >= 4 is 65.4 Å². The molecule has 0 saturated heterocycles. The molecule has 0 spiro atoms. The van der Waals surface area contributed by atoms with Gasteiger partial charge in [0.15, 0.2) is 11.6 Å². The van der Waals surface area contributed by atoms with Crippen LogP contribution in [0, 0.1) is 0 Å². The molecule has 9 aromatic carbocycles. The van der Waals surface area contributed by atoms with Gasteiger partial charge in [-0.05, 0) is 60.7 Å². The fraction of sp³-hybridized carbons (Fsp3) is 0. The van der Waals surface area contributed by atoms with Gasteiger partial charge >= 0.3 is 0 Å². The highest BCUT2D eigenvalue weighted by Gasteiger charge is 2.24. The molecule has 0 radical (unpaired) electrons. The van der Waals surface area contributed by atoms with E-state index in [4.69, 9.17) is 10.2 Å². The zero-order valence-electron chi connectivity index (χ0n) is 33.5. The molecule has 13 aromatic rings. The Balaban J connectivity index is 1.11. The van der Waals surface area contributed by atoms with Crippen LogP contribution < -0.4 is 0 Å². The monoisotopic (exact) mass is 792 g/mol. The molecule has 0 aliphatic heterocycles. The van der Waals surface area contributed by atoms with Crippen LogP contribution in [0.2, 0.25) is 0 Å². The van der Waals surface area contributed by atoms with Crippen molar-refractivity contribution in [1.82, 2.24) is 28.5 Å². The summed E-state index contributed by atoms with van der Waals surface area (Å²) in [5.74, 6) is 1.58. The second-order valence-corrected chi connectivity index (χ2v) is 15.9. The van der Waals surface area contributed by atoms with Crippen molar-refractivity contribution in [2.75, 3.05) is 0 Å². The fourth-order valence-electron chi connectivity index (χ4n) is 9.89. The molecule has 0 unspecified atom stereocenters. The first-order valence-electron chi connectivity index (χ1n) is 21.0. The van der Waals surface area contributed by atoms with E-state index in [2.05, 4.69) is 225 Å². The first-order valence-corrected chi connectivity index (χ1v) is 21.0. The van der Waals surface area contributed by atoms with E-state index in [9.17, 15) is 0 Å². The molecule has 4 aromatic heterocycles. The fourth-order valence-corrected chi connectivity index (χ4v) is 9.89. The number of aromatic nitrogens is 6. The SMILES string of the molecule is c1ccc(-c2nnc(-c3ccccc3)n2-c2ccc3c4ccccc4n(-c4ccccc4-n4c5ccccc5c5c4ccc4c6ccccc6n(-c6ccccc6)c45)c3c2)cc1. The van der Waals surface area contributed by atoms with Crippen LogP contribution in [0.15, 0.2) is 218 Å². The Morgan fingerprint density at radius 3 is 1.35 bits per heavy atom. The summed E-state index contributed by atoms with van der Waals surface area (Å²) < 4.78 is 9.56. The number of fused-ring (bicyclic) bond motifs is 10. The van der Waals surface area contributed by atoms with Gasteiger partial charge in [0.25, 0.3) is 0 Å². The minimum Gasteiger partial charge on any atom is -0.309 e. The van der Waals surface area contributed by atoms with Crippen LogP contribution in [-0.4, -0.2) is 28.5 Å². The van der Waals surface area contributed by atoms with E-state index < -0.39 is 0 Å². The van der Waals surface area contributed by atoms with Crippen molar-refractivity contribution < 1.29 is 0 Å². The third kappa shape index (κ3) is 4.98. The second-order valence-electron chi connectivity index (χ2n) is 15.9. The van der Waals surface area contributed by atoms with Gasteiger partial charge in [-0.2, -0.15) is 0 Å². The molecule has 0 aliphatic rings. The summed E-state index contributed by atoms with van der Waals surface area (Å²) in [5, 5.41) is 16.9. The van der Waals surface area contributed by atoms with Crippen LogP contribution in [0.4, 0.5) is 0 Å². The van der Waals surface area contributed by atoms with Crippen molar-refractivity contribution in [1.29, 1.82) is 0 Å². The third-order valence-electron chi connectivity index (χ3n) is 12.5. The van der Waals surface area contributed by atoms with Crippen LogP contribution in [0.5, 0.6) is 0 Å². The molecule has 0 fully saturated rings. The highest BCUT2D eigenvalue weighted by atomic mass is 15.3. The molecule has 0 N–H and O–H groups in total. The molecule has 0 amide bonds. The molecule has 0 saturated carbocycles. The predicted octanol–water partition coefficient (Wildman–Crippen LogP) is 13.9. The van der Waals surface area contributed by atoms with Gasteiger partial charge in [0.05, 0.1) is 50.2 Å². The Morgan fingerprint density at radius 1 is 0.274 bits per heavy atom. The van der Waals surface area contributed by atoms with Crippen molar-refractivity contribution in [3.63, 3.8) is 0 Å². The van der Waals surface area contributed by atoms with Crippen LogP contribution in [0.25, 0.3) is 111 Å². The van der Waals surface area contributed by atoms with Gasteiger partial charge in [0.1, 0.15) is 0 Å². The Labute approximate surface area is 356 Å². The lowest BCUT2D eigenvalue weighted by Crippen LogP contribution is -2.04. The van der Waals surface area contributed by atoms with Gasteiger partial charge < -0.3 is 13.7 Å². The molecule has 6 heteroatoms. The lowest BCUT2D eigenvalue weighted by molar-refractivity contribution is 1.07. The van der Waals surface area contributed by atoms with Crippen molar-refractivity contribution in [2.45, 2.75) is 0 Å². The van der Waals surface area contributed by atoms with E-state index in [1.54, 1.807) is 0 Å². The summed E-state index contributed by atoms with van der Waals surface area (Å²) in [4.78, 5) is 0. The van der Waals surface area contributed by atoms with E-state index in [1.807, 2.05) is 12.1 Å². The first kappa shape index (κ1) is 34.4. The second kappa shape index (κ2) is 13.5. The first-order chi connectivity index (χ1) is 30.8. The van der Waals surface area contributed by atoms with Crippen molar-refractivity contribution in [3.8, 4) is 45.5 Å². The molecule has 0 bridgehead atoms. The maximum atomic E-state index is 4.81. The molecule has 13 rings (SSSR count). The van der Waals surface area contributed by atoms with E-state index in [1.165, 1.54) is 43.4 Å². The van der Waals surface area contributed by atoms with Gasteiger partial charge in [-0.25, -0.2) is 0 Å². The van der Waals surface area contributed by atoms with E-state index in [0.717, 1.165) is 67.6 Å². The van der Waals surface area contributed by atoms with Gasteiger partial charge in [-0.15, -0.1) is 10.2 Å². The summed E-state index contributed by atoms with van der Waals surface area (Å²) >= 11 is 0. The Morgan fingerprint density at radius 2 is 0.726 bits per heavy atom.